The second-order valence-electron chi connectivity index (χ2n) is 5.44. The molecule has 1 atom stereocenters. The van der Waals surface area contributed by atoms with Crippen molar-refractivity contribution in [1.82, 2.24) is 20.4 Å². The molecule has 1 unspecified atom stereocenters. The number of ether oxygens (including phenoxy) is 1. The summed E-state index contributed by atoms with van der Waals surface area (Å²) in [5, 5.41) is 7.29. The molecular weight excluding hydrogens is 318 g/mol. The largest absolute Gasteiger partial charge is 0.434 e. The van der Waals surface area contributed by atoms with E-state index in [1.54, 1.807) is 30.4 Å². The molecule has 128 valence electrons. The van der Waals surface area contributed by atoms with Gasteiger partial charge in [-0.15, -0.1) is 0 Å². The van der Waals surface area contributed by atoms with E-state index >= 15 is 0 Å². The number of hydrogen-bond acceptors (Lipinski definition) is 6. The third kappa shape index (κ3) is 3.95. The number of likely N-dealkylation sites (N-methyl/N-ethyl adjacent to an activating group) is 1. The average Bonchev–Trinajstić information content (AvgIpc) is 3.03. The number of nitrogens with one attached hydrogen (secondary N) is 1. The summed E-state index contributed by atoms with van der Waals surface area (Å²) in [6.45, 7) is -0.283. The van der Waals surface area contributed by atoms with Crippen LogP contribution in [0.2, 0.25) is 0 Å². The fraction of sp³-hybridized carbons (Fsp3) is 0.375. The number of piperazine rings is 1. The summed E-state index contributed by atoms with van der Waals surface area (Å²) in [4.78, 5) is 6.51. The van der Waals surface area contributed by atoms with Gasteiger partial charge in [0.1, 0.15) is 5.75 Å². The van der Waals surface area contributed by atoms with Crippen LogP contribution < -0.4 is 10.1 Å². The highest BCUT2D eigenvalue weighted by Gasteiger charge is 2.24. The first kappa shape index (κ1) is 16.5. The maximum Gasteiger partial charge on any atom is 0.387 e. The van der Waals surface area contributed by atoms with Gasteiger partial charge in [-0.3, -0.25) is 4.90 Å². The van der Waals surface area contributed by atoms with Crippen LogP contribution in [0.25, 0.3) is 12.2 Å². The summed E-state index contributed by atoms with van der Waals surface area (Å²) < 4.78 is 34.5. The van der Waals surface area contributed by atoms with Gasteiger partial charge in [-0.1, -0.05) is 23.4 Å². The first-order valence-corrected chi connectivity index (χ1v) is 7.60. The van der Waals surface area contributed by atoms with E-state index in [9.17, 15) is 8.78 Å². The van der Waals surface area contributed by atoms with E-state index in [4.69, 9.17) is 4.52 Å². The normalized spacial score (nSPS) is 19.2. The summed E-state index contributed by atoms with van der Waals surface area (Å²) in [6.07, 6.45) is 3.19. The molecule has 0 amide bonds. The van der Waals surface area contributed by atoms with Crippen LogP contribution in [0.15, 0.2) is 28.8 Å². The standard InChI is InChI=1S/C16H18F2N4O2/c1-22-9-8-19-10-12(22)15-20-14(24-21-15)7-6-11-4-2-3-5-13(11)23-16(17)18/h2-7,12,16,19H,8-10H2,1H3/b7-6+. The molecule has 0 bridgehead atoms. The van der Waals surface area contributed by atoms with Crippen LogP contribution in [0, 0.1) is 0 Å². The molecule has 0 saturated carbocycles. The SMILES string of the molecule is CN1CCNCC1c1noc(/C=C/c2ccccc2OC(F)F)n1. The van der Waals surface area contributed by atoms with E-state index in [-0.39, 0.29) is 11.8 Å². The highest BCUT2D eigenvalue weighted by molar-refractivity contribution is 5.69. The van der Waals surface area contributed by atoms with Gasteiger partial charge < -0.3 is 14.6 Å². The molecule has 8 heteroatoms. The van der Waals surface area contributed by atoms with Crippen molar-refractivity contribution in [2.45, 2.75) is 12.7 Å². The molecule has 24 heavy (non-hydrogen) atoms. The Morgan fingerprint density at radius 2 is 2.21 bits per heavy atom. The maximum absolute atomic E-state index is 12.4. The van der Waals surface area contributed by atoms with Gasteiger partial charge >= 0.3 is 6.61 Å². The van der Waals surface area contributed by atoms with Gasteiger partial charge in [0.05, 0.1) is 6.04 Å². The van der Waals surface area contributed by atoms with Crippen LogP contribution in [0.3, 0.4) is 0 Å². The summed E-state index contributed by atoms with van der Waals surface area (Å²) in [5.41, 5.74) is 0.508. The highest BCUT2D eigenvalue weighted by Crippen LogP contribution is 2.23. The smallest absolute Gasteiger partial charge is 0.387 e. The van der Waals surface area contributed by atoms with Crippen LogP contribution in [-0.2, 0) is 0 Å². The number of benzene rings is 1. The van der Waals surface area contributed by atoms with Gasteiger partial charge in [0, 0.05) is 31.3 Å². The number of rotatable bonds is 5. The van der Waals surface area contributed by atoms with Gasteiger partial charge in [0.25, 0.3) is 5.89 Å². The minimum absolute atomic E-state index is 0.0547. The van der Waals surface area contributed by atoms with Crippen molar-refractivity contribution < 1.29 is 18.0 Å². The quantitative estimate of drug-likeness (QED) is 0.905. The molecule has 1 N–H and O–H groups in total. The van der Waals surface area contributed by atoms with Crippen molar-refractivity contribution in [3.05, 3.63) is 41.5 Å². The highest BCUT2D eigenvalue weighted by atomic mass is 19.3. The number of aromatic nitrogens is 2. The lowest BCUT2D eigenvalue weighted by Crippen LogP contribution is -2.44. The number of hydrogen-bond donors (Lipinski definition) is 1. The van der Waals surface area contributed by atoms with Gasteiger partial charge in [-0.05, 0) is 19.2 Å². The Morgan fingerprint density at radius 3 is 3.00 bits per heavy atom. The van der Waals surface area contributed by atoms with E-state index in [1.165, 1.54) is 6.07 Å². The molecule has 1 aromatic carbocycles. The molecule has 1 aliphatic rings. The van der Waals surface area contributed by atoms with Crippen LogP contribution in [-0.4, -0.2) is 48.3 Å². The number of alkyl halides is 2. The Balaban J connectivity index is 1.74. The van der Waals surface area contributed by atoms with Gasteiger partial charge in [-0.25, -0.2) is 0 Å². The van der Waals surface area contributed by atoms with Crippen LogP contribution >= 0.6 is 0 Å². The molecule has 6 nitrogen and oxygen atoms in total. The lowest BCUT2D eigenvalue weighted by molar-refractivity contribution is -0.0499. The van der Waals surface area contributed by atoms with E-state index in [0.29, 0.717) is 17.3 Å². The molecule has 1 aliphatic heterocycles. The molecule has 0 aliphatic carbocycles. The molecule has 1 fully saturated rings. The Morgan fingerprint density at radius 1 is 1.38 bits per heavy atom. The van der Waals surface area contributed by atoms with Gasteiger partial charge in [0.15, 0.2) is 5.82 Å². The van der Waals surface area contributed by atoms with Crippen molar-refractivity contribution in [3.8, 4) is 5.75 Å². The van der Waals surface area contributed by atoms with Crippen molar-refractivity contribution in [1.29, 1.82) is 0 Å². The minimum atomic E-state index is -2.87. The fourth-order valence-electron chi connectivity index (χ4n) is 2.53. The zero-order valence-corrected chi connectivity index (χ0v) is 13.2. The summed E-state index contributed by atoms with van der Waals surface area (Å²) in [7, 11) is 2.01. The summed E-state index contributed by atoms with van der Waals surface area (Å²) in [5.74, 6) is 1.01. The third-order valence-electron chi connectivity index (χ3n) is 3.81. The van der Waals surface area contributed by atoms with E-state index in [0.717, 1.165) is 19.6 Å². The average molecular weight is 336 g/mol. The molecule has 2 heterocycles. The van der Waals surface area contributed by atoms with Crippen molar-refractivity contribution >= 4 is 12.2 Å². The first-order chi connectivity index (χ1) is 11.6. The Bertz CT molecular complexity index is 705. The monoisotopic (exact) mass is 336 g/mol. The lowest BCUT2D eigenvalue weighted by atomic mass is 10.2. The van der Waals surface area contributed by atoms with Crippen LogP contribution in [0.4, 0.5) is 8.78 Å². The predicted octanol–water partition coefficient (Wildman–Crippen LogP) is 2.42. The predicted molar refractivity (Wildman–Crippen MR) is 84.5 cm³/mol. The molecule has 0 spiro atoms. The van der Waals surface area contributed by atoms with Gasteiger partial charge in [0.2, 0.25) is 0 Å². The Hall–Kier alpha value is -2.32. The minimum Gasteiger partial charge on any atom is -0.434 e. The molecule has 3 rings (SSSR count). The van der Waals surface area contributed by atoms with E-state index in [2.05, 4.69) is 25.1 Å². The number of halogens is 2. The van der Waals surface area contributed by atoms with Crippen LogP contribution in [0.5, 0.6) is 5.75 Å². The van der Waals surface area contributed by atoms with Crippen LogP contribution in [0.1, 0.15) is 23.3 Å². The zero-order valence-electron chi connectivity index (χ0n) is 13.2. The molecule has 1 saturated heterocycles. The van der Waals surface area contributed by atoms with Crippen molar-refractivity contribution in [2.75, 3.05) is 26.7 Å². The zero-order chi connectivity index (χ0) is 16.9. The Kier molecular flexibility index (Phi) is 5.17. The third-order valence-corrected chi connectivity index (χ3v) is 3.81. The van der Waals surface area contributed by atoms with Crippen molar-refractivity contribution in [2.24, 2.45) is 0 Å². The lowest BCUT2D eigenvalue weighted by Gasteiger charge is -2.30. The molecule has 1 aromatic heterocycles. The molecule has 0 radical (unpaired) electrons. The van der Waals surface area contributed by atoms with Gasteiger partial charge in [-0.2, -0.15) is 13.8 Å². The second kappa shape index (κ2) is 7.50. The first-order valence-electron chi connectivity index (χ1n) is 7.60. The second-order valence-corrected chi connectivity index (χ2v) is 5.44. The van der Waals surface area contributed by atoms with Crippen molar-refractivity contribution in [3.63, 3.8) is 0 Å². The van der Waals surface area contributed by atoms with E-state index in [1.807, 2.05) is 7.05 Å². The topological polar surface area (TPSA) is 63.4 Å². The molecular formula is C16H18F2N4O2. The molecule has 2 aromatic rings. The fourth-order valence-corrected chi connectivity index (χ4v) is 2.53. The number of para-hydroxylation sites is 1. The summed E-state index contributed by atoms with van der Waals surface area (Å²) >= 11 is 0. The maximum atomic E-state index is 12.4. The summed E-state index contributed by atoms with van der Waals surface area (Å²) in [6, 6.07) is 6.57. The number of nitrogens with zero attached hydrogens (tertiary/aromatic N) is 3. The Labute approximate surface area is 138 Å². The van der Waals surface area contributed by atoms with E-state index < -0.39 is 6.61 Å².